The van der Waals surface area contributed by atoms with Crippen LogP contribution in [0.1, 0.15) is 113 Å². The van der Waals surface area contributed by atoms with Crippen LogP contribution >= 0.6 is 0 Å². The summed E-state index contributed by atoms with van der Waals surface area (Å²) >= 11 is 0. The molecule has 0 unspecified atom stereocenters. The largest absolute Gasteiger partial charge is 0.460 e. The van der Waals surface area contributed by atoms with E-state index in [9.17, 15) is 4.79 Å². The van der Waals surface area contributed by atoms with Gasteiger partial charge in [0.05, 0.1) is 13.2 Å². The van der Waals surface area contributed by atoms with E-state index in [4.69, 9.17) is 9.47 Å². The SMILES string of the molecule is C/C(=C\C(=O)OCCOCC(C)(C)C)CCC[C@H](C)CCC[C@H](C)CCCC(C)C. The number of ether oxygens (including phenoxy) is 2. The van der Waals surface area contributed by atoms with Crippen molar-refractivity contribution in [2.75, 3.05) is 19.8 Å². The molecule has 3 heteroatoms. The predicted octanol–water partition coefficient (Wildman–Crippen LogP) is 7.98. The van der Waals surface area contributed by atoms with Crippen LogP contribution < -0.4 is 0 Å². The molecule has 178 valence electrons. The molecule has 0 amide bonds. The fraction of sp³-hybridized carbons (Fsp3) is 0.889. The zero-order valence-electron chi connectivity index (χ0n) is 21.5. The molecule has 0 heterocycles. The molecule has 0 N–H and O–H groups in total. The van der Waals surface area contributed by atoms with Crippen molar-refractivity contribution < 1.29 is 14.3 Å². The van der Waals surface area contributed by atoms with Gasteiger partial charge in [0.15, 0.2) is 0 Å². The Morgan fingerprint density at radius 1 is 0.833 bits per heavy atom. The van der Waals surface area contributed by atoms with Crippen LogP contribution in [-0.4, -0.2) is 25.8 Å². The molecule has 0 aromatic rings. The number of hydrogen-bond acceptors (Lipinski definition) is 3. The van der Waals surface area contributed by atoms with Gasteiger partial charge in [-0.1, -0.05) is 99.0 Å². The number of allylic oxidation sites excluding steroid dienone is 1. The summed E-state index contributed by atoms with van der Waals surface area (Å²) in [5, 5.41) is 0. The lowest BCUT2D eigenvalue weighted by molar-refractivity contribution is -0.139. The van der Waals surface area contributed by atoms with Crippen molar-refractivity contribution in [1.82, 2.24) is 0 Å². The van der Waals surface area contributed by atoms with Gasteiger partial charge in [0.2, 0.25) is 0 Å². The van der Waals surface area contributed by atoms with Gasteiger partial charge in [-0.25, -0.2) is 4.79 Å². The van der Waals surface area contributed by atoms with E-state index in [0.717, 1.165) is 36.2 Å². The summed E-state index contributed by atoms with van der Waals surface area (Å²) in [6.07, 6.45) is 13.2. The molecule has 0 fully saturated rings. The van der Waals surface area contributed by atoms with Crippen LogP contribution in [0.2, 0.25) is 0 Å². The Morgan fingerprint density at radius 2 is 1.37 bits per heavy atom. The Bertz CT molecular complexity index is 459. The third-order valence-corrected chi connectivity index (χ3v) is 5.51. The molecule has 0 aliphatic carbocycles. The molecule has 3 nitrogen and oxygen atoms in total. The van der Waals surface area contributed by atoms with Gasteiger partial charge in [0, 0.05) is 6.08 Å². The summed E-state index contributed by atoms with van der Waals surface area (Å²) in [4.78, 5) is 11.9. The second-order valence-corrected chi connectivity index (χ2v) is 11.1. The van der Waals surface area contributed by atoms with E-state index in [-0.39, 0.29) is 11.4 Å². The molecular formula is C27H52O3. The zero-order valence-corrected chi connectivity index (χ0v) is 21.5. The Kier molecular flexibility index (Phi) is 16.3. The van der Waals surface area contributed by atoms with Crippen LogP contribution in [0.25, 0.3) is 0 Å². The molecule has 0 aromatic carbocycles. The third kappa shape index (κ3) is 20.4. The average molecular weight is 425 g/mol. The maximum atomic E-state index is 11.9. The summed E-state index contributed by atoms with van der Waals surface area (Å²) in [5.41, 5.74) is 1.25. The van der Waals surface area contributed by atoms with Crippen molar-refractivity contribution in [3.8, 4) is 0 Å². The standard InChI is InChI=1S/C27H52O3/c1-22(2)12-9-13-23(3)14-10-15-24(4)16-11-17-25(5)20-26(28)30-19-18-29-21-27(6,7)8/h20,22-24H,9-19,21H2,1-8H3/b25-20+/t23-,24-/m1/s1. The van der Waals surface area contributed by atoms with Gasteiger partial charge in [0.25, 0.3) is 0 Å². The second-order valence-electron chi connectivity index (χ2n) is 11.1. The highest BCUT2D eigenvalue weighted by Gasteiger charge is 2.10. The van der Waals surface area contributed by atoms with Gasteiger partial charge in [-0.15, -0.1) is 0 Å². The quantitative estimate of drug-likeness (QED) is 0.135. The summed E-state index contributed by atoms with van der Waals surface area (Å²) in [7, 11) is 0. The number of esters is 1. The Labute approximate surface area is 188 Å². The number of hydrogen-bond donors (Lipinski definition) is 0. The molecule has 0 saturated heterocycles. The lowest BCUT2D eigenvalue weighted by atomic mass is 9.91. The van der Waals surface area contributed by atoms with E-state index in [0.29, 0.717) is 19.8 Å². The van der Waals surface area contributed by atoms with E-state index in [2.05, 4.69) is 48.5 Å². The first-order valence-corrected chi connectivity index (χ1v) is 12.4. The Hall–Kier alpha value is -0.830. The van der Waals surface area contributed by atoms with E-state index in [1.54, 1.807) is 6.08 Å². The Morgan fingerprint density at radius 3 is 1.90 bits per heavy atom. The Balaban J connectivity index is 3.77. The summed E-state index contributed by atoms with van der Waals surface area (Å²) in [5.74, 6) is 2.23. The summed E-state index contributed by atoms with van der Waals surface area (Å²) in [6.45, 7) is 19.3. The lowest BCUT2D eigenvalue weighted by Gasteiger charge is -2.17. The van der Waals surface area contributed by atoms with Crippen LogP contribution in [0, 0.1) is 23.2 Å². The van der Waals surface area contributed by atoms with Gasteiger partial charge in [0.1, 0.15) is 6.61 Å². The average Bonchev–Trinajstić information content (AvgIpc) is 2.60. The van der Waals surface area contributed by atoms with Crippen LogP contribution in [0.4, 0.5) is 0 Å². The monoisotopic (exact) mass is 424 g/mol. The van der Waals surface area contributed by atoms with Crippen LogP contribution in [0.3, 0.4) is 0 Å². The van der Waals surface area contributed by atoms with Gasteiger partial charge in [-0.05, 0) is 42.9 Å². The molecule has 0 bridgehead atoms. The molecule has 2 atom stereocenters. The van der Waals surface area contributed by atoms with Crippen molar-refractivity contribution in [3.63, 3.8) is 0 Å². The van der Waals surface area contributed by atoms with Crippen molar-refractivity contribution in [3.05, 3.63) is 11.6 Å². The normalized spacial score (nSPS) is 14.8. The smallest absolute Gasteiger partial charge is 0.330 e. The van der Waals surface area contributed by atoms with Gasteiger partial charge < -0.3 is 9.47 Å². The van der Waals surface area contributed by atoms with Crippen molar-refractivity contribution in [2.24, 2.45) is 23.2 Å². The maximum Gasteiger partial charge on any atom is 0.330 e. The van der Waals surface area contributed by atoms with Crippen LogP contribution in [0.5, 0.6) is 0 Å². The number of carbonyl (C=O) groups is 1. The van der Waals surface area contributed by atoms with Crippen molar-refractivity contribution >= 4 is 5.97 Å². The zero-order chi connectivity index (χ0) is 23.0. The molecule has 30 heavy (non-hydrogen) atoms. The fourth-order valence-electron chi connectivity index (χ4n) is 3.60. The topological polar surface area (TPSA) is 35.5 Å². The predicted molar refractivity (Wildman–Crippen MR) is 130 cm³/mol. The summed E-state index contributed by atoms with van der Waals surface area (Å²) < 4.78 is 10.8. The highest BCUT2D eigenvalue weighted by molar-refractivity contribution is 5.82. The molecule has 0 rings (SSSR count). The molecule has 0 saturated carbocycles. The fourth-order valence-corrected chi connectivity index (χ4v) is 3.60. The van der Waals surface area contributed by atoms with Gasteiger partial charge >= 0.3 is 5.97 Å². The molecule has 0 spiro atoms. The van der Waals surface area contributed by atoms with Gasteiger partial charge in [-0.2, -0.15) is 0 Å². The first kappa shape index (κ1) is 29.2. The van der Waals surface area contributed by atoms with E-state index < -0.39 is 0 Å². The molecular weight excluding hydrogens is 372 g/mol. The minimum absolute atomic E-state index is 0.142. The van der Waals surface area contributed by atoms with Crippen molar-refractivity contribution in [1.29, 1.82) is 0 Å². The second kappa shape index (κ2) is 16.8. The van der Waals surface area contributed by atoms with E-state index >= 15 is 0 Å². The molecule has 0 aliphatic heterocycles. The maximum absolute atomic E-state index is 11.9. The highest BCUT2D eigenvalue weighted by Crippen LogP contribution is 2.22. The molecule has 0 radical (unpaired) electrons. The first-order chi connectivity index (χ1) is 14.0. The molecule has 0 aliphatic rings. The lowest BCUT2D eigenvalue weighted by Crippen LogP contribution is -2.17. The third-order valence-electron chi connectivity index (χ3n) is 5.51. The number of rotatable bonds is 17. The first-order valence-electron chi connectivity index (χ1n) is 12.4. The van der Waals surface area contributed by atoms with E-state index in [1.807, 2.05) is 6.92 Å². The minimum atomic E-state index is -0.244. The van der Waals surface area contributed by atoms with Crippen LogP contribution in [0.15, 0.2) is 11.6 Å². The van der Waals surface area contributed by atoms with Gasteiger partial charge in [-0.3, -0.25) is 0 Å². The van der Waals surface area contributed by atoms with E-state index in [1.165, 1.54) is 44.9 Å². The minimum Gasteiger partial charge on any atom is -0.460 e. The van der Waals surface area contributed by atoms with Crippen LogP contribution in [-0.2, 0) is 14.3 Å². The molecule has 0 aromatic heterocycles. The number of carbonyl (C=O) groups excluding carboxylic acids is 1. The highest BCUT2D eigenvalue weighted by atomic mass is 16.6. The van der Waals surface area contributed by atoms with Crippen molar-refractivity contribution in [2.45, 2.75) is 113 Å². The summed E-state index contributed by atoms with van der Waals surface area (Å²) in [6, 6.07) is 0.